The molecule has 2 fully saturated rings. The first-order valence-electron chi connectivity index (χ1n) is 8.39. The van der Waals surface area contributed by atoms with Crippen LogP contribution in [0.2, 0.25) is 0 Å². The average Bonchev–Trinajstić information content (AvgIpc) is 2.81. The molecule has 1 amide bonds. The molecule has 0 aliphatic carbocycles. The van der Waals surface area contributed by atoms with Gasteiger partial charge in [-0.2, -0.15) is 0 Å². The van der Waals surface area contributed by atoms with Crippen LogP contribution in [0.25, 0.3) is 0 Å². The largest absolute Gasteiger partial charge is 0.497 e. The van der Waals surface area contributed by atoms with Crippen molar-refractivity contribution in [2.24, 2.45) is 5.92 Å². The molecule has 0 radical (unpaired) electrons. The van der Waals surface area contributed by atoms with E-state index >= 15 is 0 Å². The lowest BCUT2D eigenvalue weighted by Crippen LogP contribution is -2.42. The number of methoxy groups -OCH3 is 2. The third-order valence-corrected chi connectivity index (χ3v) is 4.64. The Morgan fingerprint density at radius 2 is 1.81 bits per heavy atom. The van der Waals surface area contributed by atoms with E-state index in [0.717, 1.165) is 36.7 Å². The summed E-state index contributed by atoms with van der Waals surface area (Å²) < 4.78 is 16.3. The zero-order valence-electron chi connectivity index (χ0n) is 15.4. The van der Waals surface area contributed by atoms with Gasteiger partial charge in [-0.15, -0.1) is 0 Å². The summed E-state index contributed by atoms with van der Waals surface area (Å²) in [7, 11) is 5.19. The van der Waals surface area contributed by atoms with Crippen molar-refractivity contribution in [1.82, 2.24) is 9.80 Å². The van der Waals surface area contributed by atoms with Gasteiger partial charge < -0.3 is 24.2 Å². The summed E-state index contributed by atoms with van der Waals surface area (Å²) in [6, 6.07) is 6.02. The van der Waals surface area contributed by atoms with Gasteiger partial charge in [0.15, 0.2) is 0 Å². The van der Waals surface area contributed by atoms with E-state index in [4.69, 9.17) is 24.1 Å². The fourth-order valence-electron chi connectivity index (χ4n) is 3.33. The lowest BCUT2D eigenvalue weighted by molar-refractivity contribution is -0.134. The first kappa shape index (κ1) is 20.0. The maximum Gasteiger partial charge on any atom is 0.290 e. The molecule has 144 valence electrons. The predicted octanol–water partition coefficient (Wildman–Crippen LogP) is 0.694. The van der Waals surface area contributed by atoms with Gasteiger partial charge in [0, 0.05) is 32.7 Å². The number of hydrogen-bond acceptors (Lipinski definition) is 6. The summed E-state index contributed by atoms with van der Waals surface area (Å²) in [6.45, 7) is 3.17. The summed E-state index contributed by atoms with van der Waals surface area (Å²) in [4.78, 5) is 24.9. The molecule has 1 aromatic carbocycles. The Kier molecular flexibility index (Phi) is 7.23. The molecule has 2 saturated heterocycles. The monoisotopic (exact) mass is 366 g/mol. The Bertz CT molecular complexity index is 601. The maximum absolute atomic E-state index is 12.4. The van der Waals surface area contributed by atoms with Crippen molar-refractivity contribution in [2.45, 2.75) is 12.6 Å². The van der Waals surface area contributed by atoms with Gasteiger partial charge in [-0.05, 0) is 17.7 Å². The zero-order valence-corrected chi connectivity index (χ0v) is 15.4. The van der Waals surface area contributed by atoms with Crippen LogP contribution in [0.3, 0.4) is 0 Å². The van der Waals surface area contributed by atoms with E-state index in [0.29, 0.717) is 13.2 Å². The number of amides is 1. The summed E-state index contributed by atoms with van der Waals surface area (Å²) in [5.41, 5.74) is 1.12. The van der Waals surface area contributed by atoms with Gasteiger partial charge in [0.05, 0.1) is 39.4 Å². The summed E-state index contributed by atoms with van der Waals surface area (Å²) in [5.74, 6) is 1.68. The van der Waals surface area contributed by atoms with Crippen LogP contribution in [0.15, 0.2) is 18.2 Å². The van der Waals surface area contributed by atoms with Crippen LogP contribution < -0.4 is 9.47 Å². The third-order valence-electron chi connectivity index (χ3n) is 4.64. The number of carbonyl (C=O) groups is 2. The number of benzene rings is 1. The molecule has 0 aromatic heterocycles. The number of nitrogens with zero attached hydrogens (tertiary/aromatic N) is 2. The Morgan fingerprint density at radius 1 is 1.19 bits per heavy atom. The Balaban J connectivity index is 0.000000758. The van der Waals surface area contributed by atoms with Crippen LogP contribution in [0, 0.1) is 5.92 Å². The van der Waals surface area contributed by atoms with Crippen molar-refractivity contribution < 1.29 is 28.9 Å². The minimum absolute atomic E-state index is 0.0833. The highest BCUT2D eigenvalue weighted by Gasteiger charge is 2.37. The molecule has 1 aromatic rings. The molecular formula is C18H26N2O6. The standard InChI is InChI=1S/C17H24N2O4.CH2O2/c1-18-14-9-19(8-13(17(18)20)10-23-11-14)7-12-4-15(21-2)6-16(5-12)22-3;2-1-3/h4-6,13-14H,7-11H2,1-3H3;1H,(H,2,3)/t13-,14+;/m1./s1. The highest BCUT2D eigenvalue weighted by molar-refractivity contribution is 5.79. The Labute approximate surface area is 153 Å². The molecule has 0 unspecified atom stereocenters. The van der Waals surface area contributed by atoms with Crippen molar-refractivity contribution in [3.63, 3.8) is 0 Å². The van der Waals surface area contributed by atoms with Crippen molar-refractivity contribution in [3.8, 4) is 11.5 Å². The van der Waals surface area contributed by atoms with Gasteiger partial charge in [-0.3, -0.25) is 14.5 Å². The van der Waals surface area contributed by atoms with Crippen molar-refractivity contribution in [1.29, 1.82) is 0 Å². The van der Waals surface area contributed by atoms with Gasteiger partial charge in [0.25, 0.3) is 6.47 Å². The second-order valence-corrected chi connectivity index (χ2v) is 6.36. The normalized spacial score (nSPS) is 22.7. The average molecular weight is 366 g/mol. The lowest BCUT2D eigenvalue weighted by atomic mass is 10.1. The van der Waals surface area contributed by atoms with Crippen molar-refractivity contribution >= 4 is 12.4 Å². The zero-order chi connectivity index (χ0) is 19.1. The second-order valence-electron chi connectivity index (χ2n) is 6.36. The van der Waals surface area contributed by atoms with Gasteiger partial charge in [0.1, 0.15) is 11.5 Å². The highest BCUT2D eigenvalue weighted by atomic mass is 16.5. The van der Waals surface area contributed by atoms with Gasteiger partial charge in [-0.1, -0.05) is 0 Å². The molecule has 2 heterocycles. The molecule has 3 rings (SSSR count). The van der Waals surface area contributed by atoms with Gasteiger partial charge in [0.2, 0.25) is 5.91 Å². The van der Waals surface area contributed by atoms with E-state index in [1.807, 2.05) is 30.1 Å². The summed E-state index contributed by atoms with van der Waals surface area (Å²) >= 11 is 0. The molecule has 8 nitrogen and oxygen atoms in total. The summed E-state index contributed by atoms with van der Waals surface area (Å²) in [6.07, 6.45) is 0. The van der Waals surface area contributed by atoms with Gasteiger partial charge >= 0.3 is 0 Å². The minimum atomic E-state index is -0.250. The fraction of sp³-hybridized carbons (Fsp3) is 0.556. The smallest absolute Gasteiger partial charge is 0.290 e. The number of carboxylic acid groups (broad SMARTS) is 1. The van der Waals surface area contributed by atoms with Crippen LogP contribution >= 0.6 is 0 Å². The molecule has 2 aliphatic heterocycles. The maximum atomic E-state index is 12.4. The second kappa shape index (κ2) is 9.40. The van der Waals surface area contributed by atoms with Crippen LogP contribution in [-0.4, -0.2) is 80.9 Å². The highest BCUT2D eigenvalue weighted by Crippen LogP contribution is 2.25. The number of carbonyl (C=O) groups excluding carboxylic acids is 1. The molecule has 26 heavy (non-hydrogen) atoms. The van der Waals surface area contributed by atoms with E-state index in [1.54, 1.807) is 14.2 Å². The molecule has 2 aliphatic rings. The molecule has 8 heteroatoms. The number of fused-ring (bicyclic) bond motifs is 3. The van der Waals surface area contributed by atoms with E-state index in [-0.39, 0.29) is 24.3 Å². The van der Waals surface area contributed by atoms with Crippen molar-refractivity contribution in [2.75, 3.05) is 47.6 Å². The van der Waals surface area contributed by atoms with E-state index in [2.05, 4.69) is 4.90 Å². The molecule has 2 bridgehead atoms. The van der Waals surface area contributed by atoms with E-state index < -0.39 is 0 Å². The fourth-order valence-corrected chi connectivity index (χ4v) is 3.33. The Morgan fingerprint density at radius 3 is 2.38 bits per heavy atom. The number of hydrogen-bond donors (Lipinski definition) is 1. The number of likely N-dealkylation sites (N-methyl/N-ethyl adjacent to an activating group) is 1. The quantitative estimate of drug-likeness (QED) is 0.785. The SMILES string of the molecule is COc1cc(CN2C[C@@H]3COC[C@H](C2)N(C)C3=O)cc(OC)c1.O=CO. The van der Waals surface area contributed by atoms with Crippen LogP contribution in [-0.2, 0) is 20.9 Å². The number of rotatable bonds is 4. The molecule has 2 atom stereocenters. The molecule has 0 saturated carbocycles. The first-order chi connectivity index (χ1) is 12.5. The van der Waals surface area contributed by atoms with Crippen LogP contribution in [0.5, 0.6) is 11.5 Å². The minimum Gasteiger partial charge on any atom is -0.497 e. The predicted molar refractivity (Wildman–Crippen MR) is 94.4 cm³/mol. The Hall–Kier alpha value is -2.32. The first-order valence-corrected chi connectivity index (χ1v) is 8.39. The van der Waals surface area contributed by atoms with Crippen molar-refractivity contribution in [3.05, 3.63) is 23.8 Å². The van der Waals surface area contributed by atoms with Crippen LogP contribution in [0.4, 0.5) is 0 Å². The molecule has 0 spiro atoms. The van der Waals surface area contributed by atoms with E-state index in [9.17, 15) is 4.79 Å². The summed E-state index contributed by atoms with van der Waals surface area (Å²) in [5, 5.41) is 6.89. The molecule has 1 N–H and O–H groups in total. The lowest BCUT2D eigenvalue weighted by Gasteiger charge is -2.29. The van der Waals surface area contributed by atoms with Gasteiger partial charge in [-0.25, -0.2) is 0 Å². The number of ether oxygens (including phenoxy) is 3. The molecular weight excluding hydrogens is 340 g/mol. The third kappa shape index (κ3) is 4.86. The van der Waals surface area contributed by atoms with Crippen LogP contribution in [0.1, 0.15) is 5.56 Å². The van der Waals surface area contributed by atoms with E-state index in [1.165, 1.54) is 0 Å². The topological polar surface area (TPSA) is 88.5 Å².